The molecule has 144 valence electrons. The zero-order valence-corrected chi connectivity index (χ0v) is 15.6. The molecule has 9 nitrogen and oxygen atoms in total. The van der Waals surface area contributed by atoms with E-state index in [-0.39, 0.29) is 33.7 Å². The number of esters is 1. The minimum atomic E-state index is -4.16. The van der Waals surface area contributed by atoms with Gasteiger partial charge < -0.3 is 9.47 Å². The van der Waals surface area contributed by atoms with Crippen LogP contribution in [-0.2, 0) is 14.8 Å². The van der Waals surface area contributed by atoms with Crippen molar-refractivity contribution < 1.29 is 27.6 Å². The molecule has 2 rings (SSSR count). The van der Waals surface area contributed by atoms with Crippen LogP contribution in [0.25, 0.3) is 0 Å². The highest BCUT2D eigenvalue weighted by Gasteiger charge is 2.23. The summed E-state index contributed by atoms with van der Waals surface area (Å²) in [4.78, 5) is 21.7. The van der Waals surface area contributed by atoms with E-state index in [0.717, 1.165) is 12.1 Å². The zero-order valence-electron chi connectivity index (χ0n) is 14.8. The number of rotatable bonds is 7. The number of ether oxygens (including phenoxy) is 2. The molecule has 2 aromatic carbocycles. The molecule has 2 aromatic rings. The Balaban J connectivity index is 2.30. The standard InChI is InChI=1S/C17H18N2O7S/c1-11(2)26-17(20)12-4-6-13(7-5-12)18-27(23,24)16-10-14(19(21)22)8-9-15(16)25-3/h4-11,18H,1-3H3. The van der Waals surface area contributed by atoms with E-state index >= 15 is 0 Å². The third-order valence-corrected chi connectivity index (χ3v) is 4.77. The van der Waals surface area contributed by atoms with E-state index in [1.165, 1.54) is 37.4 Å². The molecule has 0 unspecified atom stereocenters. The number of hydrogen-bond acceptors (Lipinski definition) is 7. The molecular weight excluding hydrogens is 376 g/mol. The highest BCUT2D eigenvalue weighted by molar-refractivity contribution is 7.92. The van der Waals surface area contributed by atoms with E-state index in [1.54, 1.807) is 13.8 Å². The maximum atomic E-state index is 12.6. The van der Waals surface area contributed by atoms with Gasteiger partial charge in [-0.2, -0.15) is 0 Å². The minimum Gasteiger partial charge on any atom is -0.495 e. The molecule has 0 heterocycles. The number of carbonyl (C=O) groups is 1. The maximum absolute atomic E-state index is 12.6. The summed E-state index contributed by atoms with van der Waals surface area (Å²) in [7, 11) is -2.90. The van der Waals surface area contributed by atoms with Crippen molar-refractivity contribution in [1.82, 2.24) is 0 Å². The number of carbonyl (C=O) groups excluding carboxylic acids is 1. The van der Waals surface area contributed by atoms with Crippen LogP contribution in [0.15, 0.2) is 47.4 Å². The number of sulfonamides is 1. The fourth-order valence-corrected chi connectivity index (χ4v) is 3.40. The Morgan fingerprint density at radius 2 is 1.78 bits per heavy atom. The molecule has 0 aromatic heterocycles. The summed E-state index contributed by atoms with van der Waals surface area (Å²) < 4.78 is 37.6. The summed E-state index contributed by atoms with van der Waals surface area (Å²) in [5.41, 5.74) is 0.0483. The van der Waals surface area contributed by atoms with Crippen molar-refractivity contribution in [3.05, 3.63) is 58.1 Å². The van der Waals surface area contributed by atoms with Gasteiger partial charge >= 0.3 is 5.97 Å². The number of nitro benzene ring substituents is 1. The first-order valence-electron chi connectivity index (χ1n) is 7.80. The van der Waals surface area contributed by atoms with Gasteiger partial charge in [-0.15, -0.1) is 0 Å². The lowest BCUT2D eigenvalue weighted by atomic mass is 10.2. The number of nitrogens with zero attached hydrogens (tertiary/aromatic N) is 1. The average molecular weight is 394 g/mol. The van der Waals surface area contributed by atoms with E-state index in [1.807, 2.05) is 0 Å². The van der Waals surface area contributed by atoms with Gasteiger partial charge in [-0.3, -0.25) is 14.8 Å². The molecule has 0 aliphatic heterocycles. The van der Waals surface area contributed by atoms with E-state index in [9.17, 15) is 23.3 Å². The molecule has 0 spiro atoms. The van der Waals surface area contributed by atoms with Crippen LogP contribution in [0.4, 0.5) is 11.4 Å². The Kier molecular flexibility index (Phi) is 6.01. The second kappa shape index (κ2) is 8.04. The highest BCUT2D eigenvalue weighted by Crippen LogP contribution is 2.29. The summed E-state index contributed by atoms with van der Waals surface area (Å²) in [5.74, 6) is -0.565. The smallest absolute Gasteiger partial charge is 0.338 e. The van der Waals surface area contributed by atoms with Crippen LogP contribution in [0.5, 0.6) is 5.75 Å². The molecule has 1 N–H and O–H groups in total. The van der Waals surface area contributed by atoms with Gasteiger partial charge in [0.05, 0.1) is 23.7 Å². The number of anilines is 1. The summed E-state index contributed by atoms with van der Waals surface area (Å²) >= 11 is 0. The molecule has 0 atom stereocenters. The predicted molar refractivity (Wildman–Crippen MR) is 97.5 cm³/mol. The fraction of sp³-hybridized carbons (Fsp3) is 0.235. The van der Waals surface area contributed by atoms with Gasteiger partial charge in [0.1, 0.15) is 10.6 Å². The molecule has 0 aliphatic carbocycles. The summed E-state index contributed by atoms with van der Waals surface area (Å²) in [6.07, 6.45) is -0.281. The van der Waals surface area contributed by atoms with Crippen LogP contribution < -0.4 is 9.46 Å². The van der Waals surface area contributed by atoms with Gasteiger partial charge in [0.2, 0.25) is 0 Å². The fourth-order valence-electron chi connectivity index (χ4n) is 2.16. The lowest BCUT2D eigenvalue weighted by molar-refractivity contribution is -0.385. The van der Waals surface area contributed by atoms with Crippen LogP contribution in [0.1, 0.15) is 24.2 Å². The molecule has 27 heavy (non-hydrogen) atoms. The maximum Gasteiger partial charge on any atom is 0.338 e. The van der Waals surface area contributed by atoms with E-state index in [0.29, 0.717) is 0 Å². The van der Waals surface area contributed by atoms with Crippen LogP contribution in [0, 0.1) is 10.1 Å². The third kappa shape index (κ3) is 4.94. The van der Waals surface area contributed by atoms with Crippen molar-refractivity contribution >= 4 is 27.4 Å². The van der Waals surface area contributed by atoms with E-state index in [2.05, 4.69) is 4.72 Å². The molecule has 0 fully saturated rings. The first-order valence-corrected chi connectivity index (χ1v) is 9.28. The van der Waals surface area contributed by atoms with Crippen molar-refractivity contribution in [2.45, 2.75) is 24.8 Å². The summed E-state index contributed by atoms with van der Waals surface area (Å²) in [6, 6.07) is 8.86. The number of benzene rings is 2. The average Bonchev–Trinajstić information content (AvgIpc) is 2.60. The Bertz CT molecular complexity index is 954. The molecule has 0 bridgehead atoms. The van der Waals surface area contributed by atoms with Crippen LogP contribution in [0.3, 0.4) is 0 Å². The third-order valence-electron chi connectivity index (χ3n) is 3.36. The van der Waals surface area contributed by atoms with E-state index < -0.39 is 20.9 Å². The first-order chi connectivity index (χ1) is 12.6. The molecule has 0 aliphatic rings. The lowest BCUT2D eigenvalue weighted by Crippen LogP contribution is -2.15. The normalized spacial score (nSPS) is 11.1. The second-order valence-electron chi connectivity index (χ2n) is 5.73. The Labute approximate surface area is 156 Å². The number of methoxy groups -OCH3 is 1. The Morgan fingerprint density at radius 1 is 1.15 bits per heavy atom. The number of nitrogens with one attached hydrogen (secondary N) is 1. The monoisotopic (exact) mass is 394 g/mol. The van der Waals surface area contributed by atoms with Gasteiger partial charge in [-0.25, -0.2) is 13.2 Å². The van der Waals surface area contributed by atoms with Crippen molar-refractivity contribution in [1.29, 1.82) is 0 Å². The molecule has 0 amide bonds. The number of nitro groups is 1. The molecule has 0 radical (unpaired) electrons. The minimum absolute atomic E-state index is 0.0368. The highest BCUT2D eigenvalue weighted by atomic mass is 32.2. The van der Waals surface area contributed by atoms with Crippen molar-refractivity contribution in [2.24, 2.45) is 0 Å². The quantitative estimate of drug-likeness (QED) is 0.435. The van der Waals surface area contributed by atoms with Crippen molar-refractivity contribution in [3.63, 3.8) is 0 Å². The van der Waals surface area contributed by atoms with Crippen molar-refractivity contribution in [3.8, 4) is 5.75 Å². The lowest BCUT2D eigenvalue weighted by Gasteiger charge is -2.12. The van der Waals surface area contributed by atoms with Gasteiger partial charge in [-0.05, 0) is 44.2 Å². The first kappa shape index (κ1) is 20.2. The second-order valence-corrected chi connectivity index (χ2v) is 7.38. The van der Waals surface area contributed by atoms with Gasteiger partial charge in [0.25, 0.3) is 15.7 Å². The molecule has 10 heteroatoms. The molecule has 0 saturated heterocycles. The molecule has 0 saturated carbocycles. The summed E-state index contributed by atoms with van der Waals surface area (Å²) in [5, 5.41) is 10.9. The van der Waals surface area contributed by atoms with Gasteiger partial charge in [0, 0.05) is 17.8 Å². The largest absolute Gasteiger partial charge is 0.495 e. The van der Waals surface area contributed by atoms with Crippen molar-refractivity contribution in [2.75, 3.05) is 11.8 Å². The summed E-state index contributed by atoms with van der Waals surface area (Å²) in [6.45, 7) is 3.43. The number of hydrogen-bond donors (Lipinski definition) is 1. The van der Waals surface area contributed by atoms with E-state index in [4.69, 9.17) is 9.47 Å². The zero-order chi connectivity index (χ0) is 20.2. The van der Waals surface area contributed by atoms with Crippen LogP contribution in [0.2, 0.25) is 0 Å². The number of non-ortho nitro benzene ring substituents is 1. The topological polar surface area (TPSA) is 125 Å². The SMILES string of the molecule is COc1ccc([N+](=O)[O-])cc1S(=O)(=O)Nc1ccc(C(=O)OC(C)C)cc1. The Hall–Kier alpha value is -3.14. The Morgan fingerprint density at radius 3 is 2.30 bits per heavy atom. The van der Waals surface area contributed by atoms with Crippen LogP contribution in [-0.4, -0.2) is 32.5 Å². The predicted octanol–water partition coefficient (Wildman–Crippen LogP) is 2.97. The van der Waals surface area contributed by atoms with Gasteiger partial charge in [0.15, 0.2) is 0 Å². The van der Waals surface area contributed by atoms with Gasteiger partial charge in [-0.1, -0.05) is 0 Å². The molecular formula is C17H18N2O7S. The van der Waals surface area contributed by atoms with Crippen LogP contribution >= 0.6 is 0 Å².